The normalized spacial score (nSPS) is 15.2. The van der Waals surface area contributed by atoms with Gasteiger partial charge in [-0.25, -0.2) is 4.68 Å². The highest BCUT2D eigenvalue weighted by atomic mass is 35.5. The van der Waals surface area contributed by atoms with Gasteiger partial charge in [0, 0.05) is 55.8 Å². The van der Waals surface area contributed by atoms with Gasteiger partial charge in [-0.2, -0.15) is 5.10 Å². The molecule has 2 aromatic heterocycles. The monoisotopic (exact) mass is 675 g/mol. The molecule has 252 valence electrons. The molecule has 2 atom stereocenters. The van der Waals surface area contributed by atoms with E-state index in [1.54, 1.807) is 10.6 Å². The minimum Gasteiger partial charge on any atom is -0.360 e. The van der Waals surface area contributed by atoms with Crippen LogP contribution in [0.15, 0.2) is 65.6 Å². The minimum absolute atomic E-state index is 0. The molecule has 5 rings (SSSR count). The Balaban J connectivity index is 0.00000500. The number of anilines is 1. The highest BCUT2D eigenvalue weighted by Crippen LogP contribution is 2.37. The number of halogens is 1. The van der Waals surface area contributed by atoms with Gasteiger partial charge in [0.25, 0.3) is 5.56 Å². The lowest BCUT2D eigenvalue weighted by atomic mass is 9.77. The third-order valence-corrected chi connectivity index (χ3v) is 10.8. The lowest BCUT2D eigenvalue weighted by Crippen LogP contribution is -2.42. The van der Waals surface area contributed by atoms with E-state index in [4.69, 9.17) is 15.6 Å². The third-order valence-electron chi connectivity index (χ3n) is 9.10. The number of aryl methyl sites for hydroxylation is 2. The van der Waals surface area contributed by atoms with Crippen molar-refractivity contribution < 1.29 is 9.53 Å². The van der Waals surface area contributed by atoms with Crippen molar-refractivity contribution in [2.24, 2.45) is 5.73 Å². The average Bonchev–Trinajstić information content (AvgIpc) is 3.30. The average molecular weight is 676 g/mol. The van der Waals surface area contributed by atoms with Gasteiger partial charge in [0.2, 0.25) is 5.91 Å². The van der Waals surface area contributed by atoms with Crippen LogP contribution in [0.25, 0.3) is 22.3 Å². The van der Waals surface area contributed by atoms with Crippen molar-refractivity contribution in [3.8, 4) is 22.3 Å². The standard InChI is InChI=1S/C37H49N5O3Si.ClH/c1-24(2)41-22-30(15-18-34(41)43)29-12-11-27-9-8-10-32(33(27)21-29)36(38)37(44)39-31-16-13-28(14-17-31)35-25(3)40-42(26(35)4)23-45-19-20-46(5,6)7;/h11-18,21-22,24,32,36H,8-10,19-20,23,38H2,1-7H3,(H,39,44);1H/t32-,36+;/m1./s1. The number of nitrogens with zero attached hydrogens (tertiary/aromatic N) is 3. The molecule has 1 aliphatic rings. The van der Waals surface area contributed by atoms with Crippen LogP contribution in [0.2, 0.25) is 25.7 Å². The fraction of sp³-hybridized carbons (Fsp3) is 0.432. The van der Waals surface area contributed by atoms with Gasteiger partial charge in [-0.3, -0.25) is 9.59 Å². The van der Waals surface area contributed by atoms with Gasteiger partial charge in [0.1, 0.15) is 6.73 Å². The fourth-order valence-electron chi connectivity index (χ4n) is 6.36. The minimum atomic E-state index is -1.14. The number of hydrogen-bond acceptors (Lipinski definition) is 5. The molecule has 1 aliphatic carbocycles. The molecule has 2 aromatic carbocycles. The van der Waals surface area contributed by atoms with Crippen LogP contribution < -0.4 is 16.6 Å². The number of aromatic nitrogens is 3. The molecule has 0 radical (unpaired) electrons. The molecule has 3 N–H and O–H groups in total. The molecule has 4 aromatic rings. The second-order valence-electron chi connectivity index (χ2n) is 14.2. The molecular formula is C37H50ClN5O3Si. The molecule has 1 amide bonds. The summed E-state index contributed by atoms with van der Waals surface area (Å²) in [5.74, 6) is -0.289. The van der Waals surface area contributed by atoms with Gasteiger partial charge < -0.3 is 20.4 Å². The number of amides is 1. The van der Waals surface area contributed by atoms with Crippen LogP contribution in [0.1, 0.15) is 61.2 Å². The molecule has 0 saturated carbocycles. The van der Waals surface area contributed by atoms with Gasteiger partial charge in [-0.05, 0) is 99.0 Å². The van der Waals surface area contributed by atoms with E-state index < -0.39 is 14.1 Å². The highest BCUT2D eigenvalue weighted by Gasteiger charge is 2.30. The summed E-state index contributed by atoms with van der Waals surface area (Å²) in [6, 6.07) is 18.3. The van der Waals surface area contributed by atoms with Crippen molar-refractivity contribution >= 4 is 32.1 Å². The molecule has 8 nitrogen and oxygen atoms in total. The Morgan fingerprint density at radius 3 is 2.40 bits per heavy atom. The summed E-state index contributed by atoms with van der Waals surface area (Å²) < 4.78 is 9.62. The first-order chi connectivity index (χ1) is 21.8. The van der Waals surface area contributed by atoms with Crippen molar-refractivity contribution in [1.82, 2.24) is 14.3 Å². The number of pyridine rings is 1. The summed E-state index contributed by atoms with van der Waals surface area (Å²) in [4.78, 5) is 25.8. The number of nitrogens with two attached hydrogens (primary N) is 1. The van der Waals surface area contributed by atoms with Crippen LogP contribution >= 0.6 is 12.4 Å². The Labute approximate surface area is 286 Å². The van der Waals surface area contributed by atoms with Crippen molar-refractivity contribution in [3.63, 3.8) is 0 Å². The predicted molar refractivity (Wildman–Crippen MR) is 197 cm³/mol. The van der Waals surface area contributed by atoms with Crippen LogP contribution in [0.3, 0.4) is 0 Å². The Bertz CT molecular complexity index is 1760. The molecule has 0 aliphatic heterocycles. The highest BCUT2D eigenvalue weighted by molar-refractivity contribution is 6.76. The SMILES string of the molecule is Cc1nn(COCC[Si](C)(C)C)c(C)c1-c1ccc(NC(=O)[C@@H](N)[C@@H]2CCCc3ccc(-c4ccc(=O)n(C(C)C)c4)cc32)cc1.Cl. The smallest absolute Gasteiger partial charge is 0.250 e. The zero-order chi connectivity index (χ0) is 33.2. The summed E-state index contributed by atoms with van der Waals surface area (Å²) in [6.45, 7) is 16.3. The number of benzene rings is 2. The first kappa shape index (κ1) is 36.3. The maximum atomic E-state index is 13.5. The summed E-state index contributed by atoms with van der Waals surface area (Å²) in [7, 11) is -1.14. The second kappa shape index (κ2) is 15.2. The zero-order valence-corrected chi connectivity index (χ0v) is 30.6. The van der Waals surface area contributed by atoms with E-state index in [0.29, 0.717) is 12.4 Å². The van der Waals surface area contributed by atoms with Gasteiger partial charge >= 0.3 is 0 Å². The Hall–Kier alpha value is -3.50. The van der Waals surface area contributed by atoms with E-state index in [1.807, 2.05) is 62.0 Å². The lowest BCUT2D eigenvalue weighted by Gasteiger charge is -2.30. The Morgan fingerprint density at radius 1 is 1.04 bits per heavy atom. The number of carbonyl (C=O) groups excluding carboxylic acids is 1. The predicted octanol–water partition coefficient (Wildman–Crippen LogP) is 7.70. The Kier molecular flexibility index (Phi) is 11.7. The Morgan fingerprint density at radius 2 is 1.72 bits per heavy atom. The van der Waals surface area contributed by atoms with Gasteiger partial charge in [-0.1, -0.05) is 50.0 Å². The van der Waals surface area contributed by atoms with Crippen LogP contribution in [0.4, 0.5) is 5.69 Å². The van der Waals surface area contributed by atoms with E-state index in [1.165, 1.54) is 5.56 Å². The van der Waals surface area contributed by atoms with Crippen molar-refractivity contribution in [2.75, 3.05) is 11.9 Å². The summed E-state index contributed by atoms with van der Waals surface area (Å²) >= 11 is 0. The number of rotatable bonds is 11. The number of nitrogens with one attached hydrogen (secondary N) is 1. The first-order valence-electron chi connectivity index (χ1n) is 16.5. The molecule has 47 heavy (non-hydrogen) atoms. The summed E-state index contributed by atoms with van der Waals surface area (Å²) in [6.07, 6.45) is 4.72. The van der Waals surface area contributed by atoms with Crippen molar-refractivity contribution in [1.29, 1.82) is 0 Å². The molecule has 10 heteroatoms. The third kappa shape index (κ3) is 8.51. The van der Waals surface area contributed by atoms with Gasteiger partial charge in [-0.15, -0.1) is 12.4 Å². The van der Waals surface area contributed by atoms with E-state index >= 15 is 0 Å². The van der Waals surface area contributed by atoms with E-state index in [0.717, 1.165) is 71.1 Å². The molecule has 0 spiro atoms. The van der Waals surface area contributed by atoms with E-state index in [9.17, 15) is 9.59 Å². The zero-order valence-electron chi connectivity index (χ0n) is 28.8. The van der Waals surface area contributed by atoms with Crippen LogP contribution in [-0.2, 0) is 22.7 Å². The van der Waals surface area contributed by atoms with Gasteiger partial charge in [0.15, 0.2) is 0 Å². The number of hydrogen-bond donors (Lipinski definition) is 2. The quantitative estimate of drug-likeness (QED) is 0.125. The number of fused-ring (bicyclic) bond motifs is 1. The lowest BCUT2D eigenvalue weighted by molar-refractivity contribution is -0.117. The summed E-state index contributed by atoms with van der Waals surface area (Å²) in [5, 5.41) is 7.79. The summed E-state index contributed by atoms with van der Waals surface area (Å²) in [5.41, 5.74) is 15.9. The number of carbonyl (C=O) groups is 1. The maximum Gasteiger partial charge on any atom is 0.250 e. The molecule has 0 unspecified atom stereocenters. The van der Waals surface area contributed by atoms with E-state index in [2.05, 4.69) is 50.1 Å². The topological polar surface area (TPSA) is 104 Å². The van der Waals surface area contributed by atoms with Crippen LogP contribution in [-0.4, -0.2) is 41.0 Å². The molecule has 2 heterocycles. The largest absolute Gasteiger partial charge is 0.360 e. The van der Waals surface area contributed by atoms with E-state index in [-0.39, 0.29) is 35.8 Å². The molecule has 0 saturated heterocycles. The number of ether oxygens (including phenoxy) is 1. The molecular weight excluding hydrogens is 626 g/mol. The first-order valence-corrected chi connectivity index (χ1v) is 20.2. The maximum absolute atomic E-state index is 13.5. The van der Waals surface area contributed by atoms with Gasteiger partial charge in [0.05, 0.1) is 11.7 Å². The van der Waals surface area contributed by atoms with Crippen LogP contribution in [0.5, 0.6) is 0 Å². The van der Waals surface area contributed by atoms with Crippen molar-refractivity contribution in [3.05, 3.63) is 93.7 Å². The van der Waals surface area contributed by atoms with Crippen molar-refractivity contribution in [2.45, 2.75) is 97.4 Å². The fourth-order valence-corrected chi connectivity index (χ4v) is 7.12. The molecule has 0 fully saturated rings. The second-order valence-corrected chi connectivity index (χ2v) is 19.8. The molecule has 0 bridgehead atoms. The van der Waals surface area contributed by atoms with Crippen LogP contribution in [0, 0.1) is 13.8 Å².